The first-order chi connectivity index (χ1) is 8.95. The van der Waals surface area contributed by atoms with Crippen molar-refractivity contribution in [3.63, 3.8) is 0 Å². The summed E-state index contributed by atoms with van der Waals surface area (Å²) in [5.74, 6) is 0. The third kappa shape index (κ3) is 3.39. The van der Waals surface area contributed by atoms with Gasteiger partial charge in [-0.2, -0.15) is 4.31 Å². The molecule has 0 radical (unpaired) electrons. The molecule has 0 amide bonds. The van der Waals surface area contributed by atoms with Gasteiger partial charge >= 0.3 is 0 Å². The Balaban J connectivity index is 2.21. The molecule has 0 aromatic carbocycles. The molecule has 1 aromatic rings. The Bertz CT molecular complexity index is 522. The van der Waals surface area contributed by atoms with Gasteiger partial charge in [0, 0.05) is 18.6 Å². The van der Waals surface area contributed by atoms with Crippen LogP contribution >= 0.6 is 27.3 Å². The summed E-state index contributed by atoms with van der Waals surface area (Å²) in [5.41, 5.74) is 5.89. The molecule has 19 heavy (non-hydrogen) atoms. The minimum atomic E-state index is -3.37. The predicted octanol–water partition coefficient (Wildman–Crippen LogP) is 2.79. The van der Waals surface area contributed by atoms with Crippen molar-refractivity contribution in [1.82, 2.24) is 4.31 Å². The molecular weight excluding hydrogens is 348 g/mol. The van der Waals surface area contributed by atoms with Crippen LogP contribution in [0.4, 0.5) is 0 Å². The molecule has 2 rings (SSSR count). The summed E-state index contributed by atoms with van der Waals surface area (Å²) in [4.78, 5) is 0. The van der Waals surface area contributed by atoms with Crippen LogP contribution in [0, 0.1) is 0 Å². The van der Waals surface area contributed by atoms with Gasteiger partial charge in [0.05, 0.1) is 3.79 Å². The Kier molecular flexibility index (Phi) is 5.05. The molecule has 7 heteroatoms. The third-order valence-corrected chi connectivity index (χ3v) is 7.69. The van der Waals surface area contributed by atoms with Crippen LogP contribution in [0.1, 0.15) is 32.6 Å². The fourth-order valence-corrected chi connectivity index (χ4v) is 6.40. The van der Waals surface area contributed by atoms with Crippen LogP contribution in [0.5, 0.6) is 0 Å². The van der Waals surface area contributed by atoms with Gasteiger partial charge in [0.25, 0.3) is 10.0 Å². The van der Waals surface area contributed by atoms with Crippen LogP contribution in [0.15, 0.2) is 20.1 Å². The minimum absolute atomic E-state index is 0.0932. The van der Waals surface area contributed by atoms with E-state index in [1.54, 1.807) is 16.4 Å². The van der Waals surface area contributed by atoms with Crippen molar-refractivity contribution in [2.45, 2.75) is 48.9 Å². The highest BCUT2D eigenvalue weighted by Gasteiger charge is 2.33. The van der Waals surface area contributed by atoms with E-state index in [1.807, 2.05) is 6.92 Å². The van der Waals surface area contributed by atoms with Crippen LogP contribution in [-0.2, 0) is 10.0 Å². The van der Waals surface area contributed by atoms with Crippen LogP contribution < -0.4 is 5.73 Å². The molecule has 0 atom stereocenters. The summed E-state index contributed by atoms with van der Waals surface area (Å²) in [5, 5.41) is 0. The molecule has 1 aromatic heterocycles. The molecule has 1 aliphatic carbocycles. The number of hydrogen-bond donors (Lipinski definition) is 1. The SMILES string of the molecule is CCN(C1CCC(N)CC1)S(=O)(=O)c1ccc(Br)s1. The number of nitrogens with two attached hydrogens (primary N) is 1. The van der Waals surface area contributed by atoms with Crippen molar-refractivity contribution in [2.24, 2.45) is 5.73 Å². The fraction of sp³-hybridized carbons (Fsp3) is 0.667. The van der Waals surface area contributed by atoms with E-state index in [0.29, 0.717) is 10.8 Å². The first-order valence-corrected chi connectivity index (χ1v) is 9.53. The van der Waals surface area contributed by atoms with Gasteiger partial charge in [-0.25, -0.2) is 8.42 Å². The zero-order valence-electron chi connectivity index (χ0n) is 10.9. The van der Waals surface area contributed by atoms with E-state index in [9.17, 15) is 8.42 Å². The number of nitrogens with zero attached hydrogens (tertiary/aromatic N) is 1. The molecule has 0 aliphatic heterocycles. The van der Waals surface area contributed by atoms with Crippen LogP contribution in [0.25, 0.3) is 0 Å². The fourth-order valence-electron chi connectivity index (χ4n) is 2.57. The number of halogens is 1. The topological polar surface area (TPSA) is 63.4 Å². The highest BCUT2D eigenvalue weighted by molar-refractivity contribution is 9.11. The predicted molar refractivity (Wildman–Crippen MR) is 81.8 cm³/mol. The maximum atomic E-state index is 12.6. The van der Waals surface area contributed by atoms with Crippen molar-refractivity contribution >= 4 is 37.3 Å². The lowest BCUT2D eigenvalue weighted by molar-refractivity contribution is 0.247. The van der Waals surface area contributed by atoms with Crippen molar-refractivity contribution < 1.29 is 8.42 Å². The number of rotatable bonds is 4. The van der Waals surface area contributed by atoms with Gasteiger partial charge in [0.2, 0.25) is 0 Å². The van der Waals surface area contributed by atoms with E-state index in [-0.39, 0.29) is 12.1 Å². The number of sulfonamides is 1. The zero-order valence-corrected chi connectivity index (χ0v) is 14.1. The van der Waals surface area contributed by atoms with Crippen molar-refractivity contribution in [3.05, 3.63) is 15.9 Å². The van der Waals surface area contributed by atoms with Crippen LogP contribution in [0.2, 0.25) is 0 Å². The molecule has 0 spiro atoms. The molecular formula is C12H19BrN2O2S2. The minimum Gasteiger partial charge on any atom is -0.328 e. The average molecular weight is 367 g/mol. The highest BCUT2D eigenvalue weighted by atomic mass is 79.9. The van der Waals surface area contributed by atoms with E-state index in [1.165, 1.54) is 11.3 Å². The first-order valence-electron chi connectivity index (χ1n) is 6.48. The Hall–Kier alpha value is 0.0500. The molecule has 0 bridgehead atoms. The highest BCUT2D eigenvalue weighted by Crippen LogP contribution is 2.32. The second kappa shape index (κ2) is 6.22. The van der Waals surface area contributed by atoms with E-state index < -0.39 is 10.0 Å². The van der Waals surface area contributed by atoms with Gasteiger partial charge in [-0.3, -0.25) is 0 Å². The van der Waals surface area contributed by atoms with Crippen molar-refractivity contribution in [1.29, 1.82) is 0 Å². The molecule has 108 valence electrons. The third-order valence-electron chi connectivity index (χ3n) is 3.57. The summed E-state index contributed by atoms with van der Waals surface area (Å²) in [6, 6.07) is 3.77. The van der Waals surface area contributed by atoms with Gasteiger partial charge in [-0.1, -0.05) is 6.92 Å². The molecule has 1 aliphatic rings. The maximum absolute atomic E-state index is 12.6. The normalized spacial score (nSPS) is 24.8. The molecule has 1 heterocycles. The van der Waals surface area contributed by atoms with E-state index in [4.69, 9.17) is 5.73 Å². The molecule has 1 saturated carbocycles. The summed E-state index contributed by atoms with van der Waals surface area (Å²) >= 11 is 4.58. The monoisotopic (exact) mass is 366 g/mol. The van der Waals surface area contributed by atoms with Gasteiger partial charge < -0.3 is 5.73 Å². The second-order valence-electron chi connectivity index (χ2n) is 4.84. The Morgan fingerprint density at radius 2 is 2.00 bits per heavy atom. The van der Waals surface area contributed by atoms with Crippen molar-refractivity contribution in [2.75, 3.05) is 6.54 Å². The van der Waals surface area contributed by atoms with Gasteiger partial charge in [-0.05, 0) is 53.7 Å². The van der Waals surface area contributed by atoms with Gasteiger partial charge in [0.15, 0.2) is 0 Å². The van der Waals surface area contributed by atoms with Gasteiger partial charge in [0.1, 0.15) is 4.21 Å². The lowest BCUT2D eigenvalue weighted by Gasteiger charge is -2.34. The maximum Gasteiger partial charge on any atom is 0.252 e. The number of hydrogen-bond acceptors (Lipinski definition) is 4. The summed E-state index contributed by atoms with van der Waals surface area (Å²) < 4.78 is 28.2. The van der Waals surface area contributed by atoms with E-state index in [2.05, 4.69) is 15.9 Å². The van der Waals surface area contributed by atoms with E-state index >= 15 is 0 Å². The van der Waals surface area contributed by atoms with Crippen molar-refractivity contribution in [3.8, 4) is 0 Å². The molecule has 0 unspecified atom stereocenters. The van der Waals surface area contributed by atoms with Crippen LogP contribution in [0.3, 0.4) is 0 Å². The zero-order chi connectivity index (χ0) is 14.0. The van der Waals surface area contributed by atoms with Gasteiger partial charge in [-0.15, -0.1) is 11.3 Å². The molecule has 2 N–H and O–H groups in total. The number of thiophene rings is 1. The molecule has 4 nitrogen and oxygen atoms in total. The summed E-state index contributed by atoms with van der Waals surface area (Å²) in [7, 11) is -3.37. The lowest BCUT2D eigenvalue weighted by Crippen LogP contribution is -2.43. The van der Waals surface area contributed by atoms with E-state index in [0.717, 1.165) is 29.5 Å². The Morgan fingerprint density at radius 1 is 1.37 bits per heavy atom. The second-order valence-corrected chi connectivity index (χ2v) is 9.42. The van der Waals surface area contributed by atoms with Crippen LogP contribution in [-0.4, -0.2) is 31.4 Å². The summed E-state index contributed by atoms with van der Waals surface area (Å²) in [6.07, 6.45) is 3.54. The Labute approximate surface area is 127 Å². The standard InChI is InChI=1S/C12H19BrN2O2S2/c1-2-15(10-5-3-9(14)4-6-10)19(16,17)12-8-7-11(13)18-12/h7-10H,2-6,14H2,1H3. The molecule has 0 saturated heterocycles. The smallest absolute Gasteiger partial charge is 0.252 e. The average Bonchev–Trinajstić information content (AvgIpc) is 2.80. The molecule has 1 fully saturated rings. The largest absolute Gasteiger partial charge is 0.328 e. The Morgan fingerprint density at radius 3 is 2.47 bits per heavy atom. The first kappa shape index (κ1) is 15.4. The summed E-state index contributed by atoms with van der Waals surface area (Å²) in [6.45, 7) is 2.41. The quantitative estimate of drug-likeness (QED) is 0.890. The lowest BCUT2D eigenvalue weighted by atomic mass is 9.92.